The predicted molar refractivity (Wildman–Crippen MR) is 150 cm³/mol. The fraction of sp³-hybridized carbons (Fsp3) is 1.00. The molecule has 0 fully saturated rings. The van der Waals surface area contributed by atoms with Crippen LogP contribution < -0.4 is 0 Å². The zero-order chi connectivity index (χ0) is 25.1. The van der Waals surface area contributed by atoms with Crippen LogP contribution in [0.2, 0.25) is 105 Å². The first kappa shape index (κ1) is 32.5. The molecule has 0 saturated heterocycles. The Morgan fingerprint density at radius 1 is 0.387 bits per heavy atom. The SMILES string of the molecule is C[SiH](O[Si](C)(C)C)O[Si](C)(C)O[Si](C)(O[SiH](C)O[Si](C)(C)O[Si](C)(C)C)O[Si](C)(C)C. The van der Waals surface area contributed by atoms with E-state index in [1.807, 2.05) is 13.1 Å². The Kier molecular flexibility index (Phi) is 12.0. The van der Waals surface area contributed by atoms with Gasteiger partial charge in [0.05, 0.1) is 0 Å². The van der Waals surface area contributed by atoms with Crippen LogP contribution in [-0.2, 0) is 28.8 Å². The minimum absolute atomic E-state index is 1.65. The zero-order valence-corrected chi connectivity index (χ0v) is 31.3. The smallest absolute Gasteiger partial charge is 0.439 e. The molecule has 0 saturated carbocycles. The van der Waals surface area contributed by atoms with Gasteiger partial charge in [0, 0.05) is 6.55 Å². The third-order valence-corrected chi connectivity index (χ3v) is 29.5. The first-order valence-electron chi connectivity index (χ1n) is 11.1. The van der Waals surface area contributed by atoms with Crippen molar-refractivity contribution in [3.05, 3.63) is 0 Å². The second-order valence-corrected chi connectivity index (χ2v) is 40.4. The Hall–Kier alpha value is 1.46. The maximum atomic E-state index is 6.63. The molecule has 7 nitrogen and oxygen atoms in total. The summed E-state index contributed by atoms with van der Waals surface area (Å²) in [4.78, 5) is 0. The Labute approximate surface area is 202 Å². The van der Waals surface area contributed by atoms with E-state index in [1.54, 1.807) is 0 Å². The highest BCUT2D eigenvalue weighted by molar-refractivity contribution is 6.89. The summed E-state index contributed by atoms with van der Waals surface area (Å²) in [6.07, 6.45) is 0. The maximum Gasteiger partial charge on any atom is 0.469 e. The number of rotatable bonds is 14. The van der Waals surface area contributed by atoms with Crippen molar-refractivity contribution in [2.45, 2.75) is 105 Å². The van der Waals surface area contributed by atoms with Crippen LogP contribution in [0.1, 0.15) is 0 Å². The lowest BCUT2D eigenvalue weighted by molar-refractivity contribution is 0.217. The van der Waals surface area contributed by atoms with E-state index in [0.29, 0.717) is 0 Å². The third-order valence-electron chi connectivity index (χ3n) is 3.27. The second kappa shape index (κ2) is 11.5. The van der Waals surface area contributed by atoms with Crippen molar-refractivity contribution in [1.82, 2.24) is 0 Å². The minimum atomic E-state index is -2.98. The molecule has 3 unspecified atom stereocenters. The molecule has 0 aromatic carbocycles. The molecule has 15 heteroatoms. The lowest BCUT2D eigenvalue weighted by atomic mass is 11.8. The summed E-state index contributed by atoms with van der Waals surface area (Å²) in [5.41, 5.74) is 0. The molecule has 3 atom stereocenters. The molecule has 0 spiro atoms. The first-order chi connectivity index (χ1) is 13.3. The van der Waals surface area contributed by atoms with Gasteiger partial charge in [0.25, 0.3) is 9.28 Å². The summed E-state index contributed by atoms with van der Waals surface area (Å²) in [6.45, 7) is 34.0. The van der Waals surface area contributed by atoms with E-state index >= 15 is 0 Å². The molecule has 0 radical (unpaired) electrons. The molecular formula is C16H50O7Si8. The van der Waals surface area contributed by atoms with Gasteiger partial charge in [0.1, 0.15) is 0 Å². The molecule has 0 aliphatic rings. The molecule has 0 heterocycles. The molecule has 0 aromatic rings. The van der Waals surface area contributed by atoms with E-state index in [2.05, 4.69) is 91.7 Å². The van der Waals surface area contributed by atoms with Crippen LogP contribution in [0.25, 0.3) is 0 Å². The van der Waals surface area contributed by atoms with Gasteiger partial charge in [0.2, 0.25) is 0 Å². The van der Waals surface area contributed by atoms with Crippen molar-refractivity contribution < 1.29 is 28.8 Å². The molecule has 0 aromatic heterocycles. The minimum Gasteiger partial charge on any atom is -0.439 e. The van der Waals surface area contributed by atoms with Gasteiger partial charge in [-0.05, 0) is 98.2 Å². The van der Waals surface area contributed by atoms with Crippen LogP contribution in [0.5, 0.6) is 0 Å². The third kappa shape index (κ3) is 17.5. The Bertz CT molecular complexity index is 560. The Morgan fingerprint density at radius 3 is 1.10 bits per heavy atom. The van der Waals surface area contributed by atoms with E-state index in [4.69, 9.17) is 28.8 Å². The molecule has 0 rings (SSSR count). The lowest BCUT2D eigenvalue weighted by Gasteiger charge is -2.41. The molecular weight excluding hydrogens is 529 g/mol. The second-order valence-electron chi connectivity index (χ2n) is 11.9. The summed E-state index contributed by atoms with van der Waals surface area (Å²) in [7, 11) is -16.9. The van der Waals surface area contributed by atoms with Crippen molar-refractivity contribution in [3.8, 4) is 0 Å². The van der Waals surface area contributed by atoms with E-state index in [0.717, 1.165) is 0 Å². The first-order valence-corrected chi connectivity index (χ1v) is 33.4. The summed E-state index contributed by atoms with van der Waals surface area (Å²) < 4.78 is 45.1. The molecule has 0 bridgehead atoms. The van der Waals surface area contributed by atoms with Gasteiger partial charge in [-0.3, -0.25) is 0 Å². The quantitative estimate of drug-likeness (QED) is 0.260. The summed E-state index contributed by atoms with van der Waals surface area (Å²) in [6, 6.07) is 0. The summed E-state index contributed by atoms with van der Waals surface area (Å²) in [5.74, 6) is 0. The van der Waals surface area contributed by atoms with E-state index < -0.39 is 69.4 Å². The van der Waals surface area contributed by atoms with E-state index in [-0.39, 0.29) is 0 Å². The molecule has 0 N–H and O–H groups in total. The van der Waals surface area contributed by atoms with E-state index in [1.165, 1.54) is 0 Å². The Balaban J connectivity index is 5.42. The van der Waals surface area contributed by atoms with Gasteiger partial charge in [-0.1, -0.05) is 0 Å². The van der Waals surface area contributed by atoms with Gasteiger partial charge in [-0.15, -0.1) is 0 Å². The van der Waals surface area contributed by atoms with Crippen molar-refractivity contribution in [2.24, 2.45) is 0 Å². The van der Waals surface area contributed by atoms with Gasteiger partial charge >= 0.3 is 35.2 Å². The van der Waals surface area contributed by atoms with Crippen molar-refractivity contribution in [3.63, 3.8) is 0 Å². The highest BCUT2D eigenvalue weighted by Crippen LogP contribution is 2.26. The van der Waals surface area contributed by atoms with Crippen LogP contribution in [0.4, 0.5) is 0 Å². The Morgan fingerprint density at radius 2 is 0.742 bits per heavy atom. The lowest BCUT2D eigenvalue weighted by Crippen LogP contribution is -2.60. The average molecular weight is 579 g/mol. The highest BCUT2D eigenvalue weighted by atomic mass is 28.5. The maximum absolute atomic E-state index is 6.63. The van der Waals surface area contributed by atoms with Crippen LogP contribution >= 0.6 is 0 Å². The van der Waals surface area contributed by atoms with Gasteiger partial charge in [-0.25, -0.2) is 0 Å². The van der Waals surface area contributed by atoms with Gasteiger partial charge < -0.3 is 28.8 Å². The monoisotopic (exact) mass is 578 g/mol. The predicted octanol–water partition coefficient (Wildman–Crippen LogP) is 5.28. The highest BCUT2D eigenvalue weighted by Gasteiger charge is 2.48. The molecule has 188 valence electrons. The number of hydrogen-bond donors (Lipinski definition) is 0. The summed E-state index contributed by atoms with van der Waals surface area (Å²) >= 11 is 0. The standard InChI is InChI=1S/C16H50O7Si8/c1-24(17-26(3,4)5)18-30(14,15)23-31(16,22-28(9,10)11)20-25(2)19-29(12,13)21-27(6,7)8/h24-25H,1-16H3. The molecule has 0 aliphatic heterocycles. The van der Waals surface area contributed by atoms with Gasteiger partial charge in [0.15, 0.2) is 25.0 Å². The van der Waals surface area contributed by atoms with Crippen LogP contribution in [0.15, 0.2) is 0 Å². The summed E-state index contributed by atoms with van der Waals surface area (Å²) in [5, 5.41) is 0. The van der Waals surface area contributed by atoms with Crippen molar-refractivity contribution >= 4 is 69.4 Å². The van der Waals surface area contributed by atoms with E-state index in [9.17, 15) is 0 Å². The average Bonchev–Trinajstić information content (AvgIpc) is 2.24. The molecule has 31 heavy (non-hydrogen) atoms. The topological polar surface area (TPSA) is 64.6 Å². The largest absolute Gasteiger partial charge is 0.469 e. The van der Waals surface area contributed by atoms with Crippen LogP contribution in [-0.4, -0.2) is 69.4 Å². The van der Waals surface area contributed by atoms with Crippen LogP contribution in [0, 0.1) is 0 Å². The van der Waals surface area contributed by atoms with Gasteiger partial charge in [-0.2, -0.15) is 0 Å². The van der Waals surface area contributed by atoms with Crippen molar-refractivity contribution in [2.75, 3.05) is 0 Å². The normalized spacial score (nSPS) is 18.6. The molecule has 0 aliphatic carbocycles. The fourth-order valence-corrected chi connectivity index (χ4v) is 34.5. The van der Waals surface area contributed by atoms with Crippen molar-refractivity contribution in [1.29, 1.82) is 0 Å². The molecule has 0 amide bonds. The number of hydrogen-bond acceptors (Lipinski definition) is 7. The fourth-order valence-electron chi connectivity index (χ4n) is 3.50. The zero-order valence-electron chi connectivity index (χ0n) is 23.0. The van der Waals surface area contributed by atoms with Crippen LogP contribution in [0.3, 0.4) is 0 Å².